The second kappa shape index (κ2) is 7.10. The van der Waals surface area contributed by atoms with Gasteiger partial charge in [0.2, 0.25) is 17.6 Å². The van der Waals surface area contributed by atoms with Gasteiger partial charge in [0.05, 0.1) is 17.7 Å². The molecule has 9 heteroatoms. The minimum Gasteiger partial charge on any atom is -0.497 e. The third kappa shape index (κ3) is 3.29. The summed E-state index contributed by atoms with van der Waals surface area (Å²) in [4.78, 5) is 29.0. The summed E-state index contributed by atoms with van der Waals surface area (Å²) in [6, 6.07) is 11.7. The maximum absolute atomic E-state index is 12.7. The van der Waals surface area contributed by atoms with Crippen LogP contribution in [0.5, 0.6) is 5.75 Å². The van der Waals surface area contributed by atoms with E-state index in [1.54, 1.807) is 37.4 Å². The number of hydrogen-bond donors (Lipinski definition) is 0. The lowest BCUT2D eigenvalue weighted by Gasteiger charge is -2.15. The predicted molar refractivity (Wildman–Crippen MR) is 99.1 cm³/mol. The first-order valence-electron chi connectivity index (χ1n) is 8.60. The fourth-order valence-electron chi connectivity index (χ4n) is 3.15. The number of aromatic nitrogens is 2. The number of anilines is 1. The number of amides is 1. The fraction of sp³-hybridized carbons (Fsp3) is 0.211. The van der Waals surface area contributed by atoms with Crippen molar-refractivity contribution in [2.45, 2.75) is 12.8 Å². The van der Waals surface area contributed by atoms with Crippen molar-refractivity contribution < 1.29 is 19.0 Å². The molecule has 3 aromatic rings. The van der Waals surface area contributed by atoms with Gasteiger partial charge < -0.3 is 14.2 Å². The number of carbonyl (C=O) groups is 1. The van der Waals surface area contributed by atoms with Crippen LogP contribution in [0.25, 0.3) is 11.4 Å². The van der Waals surface area contributed by atoms with Gasteiger partial charge in [0.15, 0.2) is 0 Å². The first-order chi connectivity index (χ1) is 13.5. The van der Waals surface area contributed by atoms with E-state index in [9.17, 15) is 14.9 Å². The van der Waals surface area contributed by atoms with Crippen LogP contribution in [0, 0.1) is 10.1 Å². The SMILES string of the molecule is COc1ccc(-c2noc(CC(=O)N3CCc4ccc([N+](=O)[O-])cc43)n2)cc1. The Morgan fingerprint density at radius 1 is 1.29 bits per heavy atom. The van der Waals surface area contributed by atoms with Gasteiger partial charge in [0.1, 0.15) is 12.2 Å². The van der Waals surface area contributed by atoms with E-state index in [0.717, 1.165) is 11.1 Å². The van der Waals surface area contributed by atoms with Gasteiger partial charge in [-0.3, -0.25) is 14.9 Å². The molecular formula is C19H16N4O5. The molecule has 0 saturated carbocycles. The largest absolute Gasteiger partial charge is 0.497 e. The van der Waals surface area contributed by atoms with Crippen molar-refractivity contribution in [1.29, 1.82) is 0 Å². The molecule has 142 valence electrons. The van der Waals surface area contributed by atoms with Crippen LogP contribution in [-0.2, 0) is 17.6 Å². The number of nitro benzene ring substituents is 1. The van der Waals surface area contributed by atoms with Gasteiger partial charge in [-0.15, -0.1) is 0 Å². The second-order valence-corrected chi connectivity index (χ2v) is 6.28. The Balaban J connectivity index is 1.50. The molecule has 2 aromatic carbocycles. The Hall–Kier alpha value is -3.75. The molecule has 0 atom stereocenters. The Bertz CT molecular complexity index is 1040. The minimum absolute atomic E-state index is 0.0435. The number of non-ortho nitro benzene ring substituents is 1. The van der Waals surface area contributed by atoms with Crippen LogP contribution in [0.15, 0.2) is 47.0 Å². The molecule has 1 aromatic heterocycles. The number of rotatable bonds is 5. The highest BCUT2D eigenvalue weighted by atomic mass is 16.6. The summed E-state index contributed by atoms with van der Waals surface area (Å²) in [6.45, 7) is 0.467. The molecule has 1 aliphatic heterocycles. The normalized spacial score (nSPS) is 12.7. The summed E-state index contributed by atoms with van der Waals surface area (Å²) in [6.07, 6.45) is 0.575. The van der Waals surface area contributed by atoms with E-state index in [4.69, 9.17) is 9.26 Å². The summed E-state index contributed by atoms with van der Waals surface area (Å²) < 4.78 is 10.3. The van der Waals surface area contributed by atoms with Gasteiger partial charge in [0.25, 0.3) is 5.69 Å². The summed E-state index contributed by atoms with van der Waals surface area (Å²) in [5.74, 6) is 1.03. The lowest BCUT2D eigenvalue weighted by atomic mass is 10.1. The van der Waals surface area contributed by atoms with E-state index in [0.29, 0.717) is 30.2 Å². The van der Waals surface area contributed by atoms with Gasteiger partial charge >= 0.3 is 0 Å². The maximum atomic E-state index is 12.7. The van der Waals surface area contributed by atoms with Crippen LogP contribution in [0.4, 0.5) is 11.4 Å². The van der Waals surface area contributed by atoms with E-state index in [1.165, 1.54) is 17.0 Å². The van der Waals surface area contributed by atoms with E-state index < -0.39 is 4.92 Å². The Labute approximate surface area is 159 Å². The molecule has 0 saturated heterocycles. The molecular weight excluding hydrogens is 364 g/mol. The number of fused-ring (bicyclic) bond motifs is 1. The van der Waals surface area contributed by atoms with Crippen LogP contribution < -0.4 is 9.64 Å². The quantitative estimate of drug-likeness (QED) is 0.494. The van der Waals surface area contributed by atoms with Crippen LogP contribution >= 0.6 is 0 Å². The third-order valence-electron chi connectivity index (χ3n) is 4.60. The lowest BCUT2D eigenvalue weighted by molar-refractivity contribution is -0.384. The molecule has 4 rings (SSSR count). The average Bonchev–Trinajstić information content (AvgIpc) is 3.34. The number of ether oxygens (including phenoxy) is 1. The van der Waals surface area contributed by atoms with Crippen molar-refractivity contribution in [3.8, 4) is 17.1 Å². The first-order valence-corrected chi connectivity index (χ1v) is 8.60. The van der Waals surface area contributed by atoms with E-state index >= 15 is 0 Å². The predicted octanol–water partition coefficient (Wildman–Crippen LogP) is 2.79. The van der Waals surface area contributed by atoms with Crippen LogP contribution in [0.3, 0.4) is 0 Å². The molecule has 0 bridgehead atoms. The molecule has 0 spiro atoms. The molecule has 0 aliphatic carbocycles. The molecule has 9 nitrogen and oxygen atoms in total. The van der Waals surface area contributed by atoms with Crippen LogP contribution in [0.2, 0.25) is 0 Å². The second-order valence-electron chi connectivity index (χ2n) is 6.28. The Morgan fingerprint density at radius 2 is 2.07 bits per heavy atom. The fourth-order valence-corrected chi connectivity index (χ4v) is 3.15. The third-order valence-corrected chi connectivity index (χ3v) is 4.60. The standard InChI is InChI=1S/C19H16N4O5/c1-27-15-6-3-13(4-7-15)19-20-17(28-21-19)11-18(24)22-9-8-12-2-5-14(23(25)26)10-16(12)22/h2-7,10H,8-9,11H2,1H3. The van der Waals surface area contributed by atoms with Gasteiger partial charge in [-0.2, -0.15) is 4.98 Å². The molecule has 0 radical (unpaired) electrons. The number of nitrogens with zero attached hydrogens (tertiary/aromatic N) is 4. The van der Waals surface area contributed by atoms with Gasteiger partial charge in [-0.05, 0) is 36.2 Å². The Kier molecular flexibility index (Phi) is 4.48. The van der Waals surface area contributed by atoms with Gasteiger partial charge in [-0.1, -0.05) is 11.2 Å². The van der Waals surface area contributed by atoms with Crippen molar-refractivity contribution in [3.05, 3.63) is 64.0 Å². The number of hydrogen-bond acceptors (Lipinski definition) is 7. The van der Waals surface area contributed by atoms with Crippen molar-refractivity contribution in [2.24, 2.45) is 0 Å². The summed E-state index contributed by atoms with van der Waals surface area (Å²) in [5, 5.41) is 14.9. The van der Waals surface area contributed by atoms with Crippen molar-refractivity contribution in [2.75, 3.05) is 18.6 Å². The number of methoxy groups -OCH3 is 1. The highest BCUT2D eigenvalue weighted by molar-refractivity contribution is 5.96. The van der Waals surface area contributed by atoms with Crippen molar-refractivity contribution in [1.82, 2.24) is 10.1 Å². The molecule has 2 heterocycles. The van der Waals surface area contributed by atoms with Gasteiger partial charge in [-0.25, -0.2) is 0 Å². The van der Waals surface area contributed by atoms with Crippen LogP contribution in [-0.4, -0.2) is 34.6 Å². The number of nitro groups is 1. The van der Waals surface area contributed by atoms with E-state index in [1.807, 2.05) is 0 Å². The zero-order valence-electron chi connectivity index (χ0n) is 15.0. The smallest absolute Gasteiger partial charge is 0.271 e. The van der Waals surface area contributed by atoms with Crippen molar-refractivity contribution >= 4 is 17.3 Å². The van der Waals surface area contributed by atoms with Crippen LogP contribution in [0.1, 0.15) is 11.5 Å². The monoisotopic (exact) mass is 380 g/mol. The lowest BCUT2D eigenvalue weighted by Crippen LogP contribution is -2.30. The number of carbonyl (C=O) groups excluding carboxylic acids is 1. The van der Waals surface area contributed by atoms with E-state index in [2.05, 4.69) is 10.1 Å². The highest BCUT2D eigenvalue weighted by Crippen LogP contribution is 2.32. The molecule has 0 N–H and O–H groups in total. The minimum atomic E-state index is -0.472. The highest BCUT2D eigenvalue weighted by Gasteiger charge is 2.28. The summed E-state index contributed by atoms with van der Waals surface area (Å²) >= 11 is 0. The number of benzene rings is 2. The zero-order valence-corrected chi connectivity index (χ0v) is 15.0. The molecule has 0 fully saturated rings. The topological polar surface area (TPSA) is 112 Å². The van der Waals surface area contributed by atoms with E-state index in [-0.39, 0.29) is 23.9 Å². The van der Waals surface area contributed by atoms with Crippen molar-refractivity contribution in [3.63, 3.8) is 0 Å². The maximum Gasteiger partial charge on any atom is 0.271 e. The zero-order chi connectivity index (χ0) is 19.7. The van der Waals surface area contributed by atoms with Gasteiger partial charge in [0, 0.05) is 24.2 Å². The Morgan fingerprint density at radius 3 is 2.79 bits per heavy atom. The first kappa shape index (κ1) is 17.7. The summed E-state index contributed by atoms with van der Waals surface area (Å²) in [5.41, 5.74) is 2.17. The summed E-state index contributed by atoms with van der Waals surface area (Å²) in [7, 11) is 1.58. The molecule has 1 amide bonds. The molecule has 28 heavy (non-hydrogen) atoms. The molecule has 1 aliphatic rings. The average molecular weight is 380 g/mol. The molecule has 0 unspecified atom stereocenters.